The van der Waals surface area contributed by atoms with Gasteiger partial charge >= 0.3 is 0 Å². The molecule has 1 saturated carbocycles. The molecule has 1 fully saturated rings. The zero-order chi connectivity index (χ0) is 12.5. The predicted molar refractivity (Wildman–Crippen MR) is 68.9 cm³/mol. The molecule has 3 nitrogen and oxygen atoms in total. The maximum absolute atomic E-state index is 6.45. The van der Waals surface area contributed by atoms with Gasteiger partial charge in [0.25, 0.3) is 0 Å². The van der Waals surface area contributed by atoms with Crippen LogP contribution in [0.1, 0.15) is 31.2 Å². The third-order valence-electron chi connectivity index (χ3n) is 3.50. The number of hydrogen-bond donors (Lipinski definition) is 1. The molecule has 1 aromatic carbocycles. The van der Waals surface area contributed by atoms with Gasteiger partial charge in [0.15, 0.2) is 11.5 Å². The number of halogens is 1. The van der Waals surface area contributed by atoms with Gasteiger partial charge in [-0.1, -0.05) is 30.5 Å². The Balaban J connectivity index is 2.54. The zero-order valence-corrected chi connectivity index (χ0v) is 11.0. The molecule has 0 radical (unpaired) electrons. The van der Waals surface area contributed by atoms with E-state index < -0.39 is 0 Å². The first-order valence-electron chi connectivity index (χ1n) is 5.82. The quantitative estimate of drug-likeness (QED) is 0.903. The fourth-order valence-corrected chi connectivity index (χ4v) is 2.82. The summed E-state index contributed by atoms with van der Waals surface area (Å²) >= 11 is 6.09. The van der Waals surface area contributed by atoms with E-state index in [0.717, 1.165) is 31.2 Å². The summed E-state index contributed by atoms with van der Waals surface area (Å²) in [6, 6.07) is 3.78. The summed E-state index contributed by atoms with van der Waals surface area (Å²) < 4.78 is 10.7. The zero-order valence-electron chi connectivity index (χ0n) is 10.3. The highest BCUT2D eigenvalue weighted by Gasteiger charge is 2.35. The third-order valence-corrected chi connectivity index (χ3v) is 3.80. The Morgan fingerprint density at radius 1 is 1.12 bits per heavy atom. The number of ether oxygens (including phenoxy) is 2. The van der Waals surface area contributed by atoms with Crippen LogP contribution in [0, 0.1) is 0 Å². The van der Waals surface area contributed by atoms with Crippen LogP contribution in [0.5, 0.6) is 11.5 Å². The lowest BCUT2D eigenvalue weighted by atomic mass is 9.88. The Bertz CT molecular complexity index is 414. The van der Waals surface area contributed by atoms with Crippen molar-refractivity contribution < 1.29 is 9.47 Å². The Hall–Kier alpha value is -0.930. The normalized spacial score (nSPS) is 18.1. The van der Waals surface area contributed by atoms with Crippen molar-refractivity contribution in [2.75, 3.05) is 14.2 Å². The number of nitrogens with two attached hydrogens (primary N) is 1. The minimum atomic E-state index is -0.302. The Morgan fingerprint density at radius 2 is 1.71 bits per heavy atom. The van der Waals surface area contributed by atoms with Crippen molar-refractivity contribution in [1.82, 2.24) is 0 Å². The van der Waals surface area contributed by atoms with E-state index in [1.165, 1.54) is 0 Å². The van der Waals surface area contributed by atoms with Gasteiger partial charge in [0.1, 0.15) is 0 Å². The molecule has 0 bridgehead atoms. The highest BCUT2D eigenvalue weighted by atomic mass is 35.5. The van der Waals surface area contributed by atoms with E-state index in [-0.39, 0.29) is 5.54 Å². The molecule has 0 saturated heterocycles. The minimum Gasteiger partial charge on any atom is -0.492 e. The van der Waals surface area contributed by atoms with Gasteiger partial charge in [-0.05, 0) is 18.9 Å². The fourth-order valence-electron chi connectivity index (χ4n) is 2.60. The average Bonchev–Trinajstić information content (AvgIpc) is 2.76. The molecule has 2 rings (SSSR count). The molecule has 1 aromatic rings. The summed E-state index contributed by atoms with van der Waals surface area (Å²) in [5, 5.41) is 0.551. The van der Waals surface area contributed by atoms with E-state index in [1.54, 1.807) is 14.2 Å². The van der Waals surface area contributed by atoms with Crippen molar-refractivity contribution in [3.63, 3.8) is 0 Å². The smallest absolute Gasteiger partial charge is 0.179 e. The van der Waals surface area contributed by atoms with E-state index in [2.05, 4.69) is 0 Å². The number of methoxy groups -OCH3 is 2. The van der Waals surface area contributed by atoms with E-state index in [0.29, 0.717) is 16.5 Å². The maximum atomic E-state index is 6.45. The summed E-state index contributed by atoms with van der Waals surface area (Å²) in [7, 11) is 3.21. The molecule has 1 aliphatic carbocycles. The summed E-state index contributed by atoms with van der Waals surface area (Å²) in [5.74, 6) is 1.24. The molecule has 0 unspecified atom stereocenters. The second-order valence-corrected chi connectivity index (χ2v) is 4.93. The first-order chi connectivity index (χ1) is 8.12. The van der Waals surface area contributed by atoms with Gasteiger partial charge in [-0.25, -0.2) is 0 Å². The van der Waals surface area contributed by atoms with Crippen LogP contribution in [-0.2, 0) is 5.54 Å². The lowest BCUT2D eigenvalue weighted by Crippen LogP contribution is -2.33. The van der Waals surface area contributed by atoms with Crippen molar-refractivity contribution in [2.45, 2.75) is 31.2 Å². The van der Waals surface area contributed by atoms with Gasteiger partial charge < -0.3 is 15.2 Å². The largest absolute Gasteiger partial charge is 0.492 e. The molecule has 94 valence electrons. The Kier molecular flexibility index (Phi) is 3.50. The molecule has 0 spiro atoms. The van der Waals surface area contributed by atoms with Gasteiger partial charge in [-0.2, -0.15) is 0 Å². The molecule has 17 heavy (non-hydrogen) atoms. The lowest BCUT2D eigenvalue weighted by molar-refractivity contribution is 0.337. The second-order valence-electron chi connectivity index (χ2n) is 4.52. The molecular formula is C13H18ClNO2. The van der Waals surface area contributed by atoms with Gasteiger partial charge in [-0.15, -0.1) is 0 Å². The van der Waals surface area contributed by atoms with E-state index in [1.807, 2.05) is 12.1 Å². The van der Waals surface area contributed by atoms with Gasteiger partial charge in [0, 0.05) is 11.1 Å². The number of hydrogen-bond acceptors (Lipinski definition) is 3. The van der Waals surface area contributed by atoms with Crippen molar-refractivity contribution in [2.24, 2.45) is 5.73 Å². The molecular weight excluding hydrogens is 238 g/mol. The van der Waals surface area contributed by atoms with E-state index >= 15 is 0 Å². The minimum absolute atomic E-state index is 0.302. The summed E-state index contributed by atoms with van der Waals surface area (Å²) in [4.78, 5) is 0. The molecule has 0 atom stereocenters. The van der Waals surface area contributed by atoms with Crippen LogP contribution >= 0.6 is 11.6 Å². The second kappa shape index (κ2) is 4.75. The third kappa shape index (κ3) is 2.09. The first-order valence-corrected chi connectivity index (χ1v) is 6.20. The van der Waals surface area contributed by atoms with Crippen LogP contribution in [0.2, 0.25) is 5.02 Å². The topological polar surface area (TPSA) is 44.5 Å². The number of benzene rings is 1. The predicted octanol–water partition coefficient (Wildman–Crippen LogP) is 3.09. The standard InChI is InChI=1S/C13H18ClNO2/c1-16-11-9(13(15)7-3-4-8-13)5-6-10(14)12(11)17-2/h5-6H,3-4,7-8,15H2,1-2H3. The molecule has 0 heterocycles. The molecule has 2 N–H and O–H groups in total. The fraction of sp³-hybridized carbons (Fsp3) is 0.538. The monoisotopic (exact) mass is 255 g/mol. The van der Waals surface area contributed by atoms with Crippen LogP contribution in [0.4, 0.5) is 0 Å². The van der Waals surface area contributed by atoms with Gasteiger partial charge in [0.05, 0.1) is 19.2 Å². The van der Waals surface area contributed by atoms with Crippen LogP contribution in [0.25, 0.3) is 0 Å². The Morgan fingerprint density at radius 3 is 2.24 bits per heavy atom. The number of rotatable bonds is 3. The SMILES string of the molecule is COc1c(Cl)ccc(C2(N)CCCC2)c1OC. The lowest BCUT2D eigenvalue weighted by Gasteiger charge is -2.27. The van der Waals surface area contributed by atoms with Crippen molar-refractivity contribution >= 4 is 11.6 Å². The highest BCUT2D eigenvalue weighted by molar-refractivity contribution is 6.32. The molecule has 0 aromatic heterocycles. The van der Waals surface area contributed by atoms with Crippen LogP contribution < -0.4 is 15.2 Å². The molecule has 1 aliphatic rings. The molecule has 4 heteroatoms. The van der Waals surface area contributed by atoms with Crippen LogP contribution in [-0.4, -0.2) is 14.2 Å². The van der Waals surface area contributed by atoms with Crippen molar-refractivity contribution in [3.05, 3.63) is 22.7 Å². The van der Waals surface area contributed by atoms with Crippen LogP contribution in [0.3, 0.4) is 0 Å². The van der Waals surface area contributed by atoms with E-state index in [9.17, 15) is 0 Å². The van der Waals surface area contributed by atoms with Crippen molar-refractivity contribution in [1.29, 1.82) is 0 Å². The summed E-state index contributed by atoms with van der Waals surface area (Å²) in [5.41, 5.74) is 7.15. The highest BCUT2D eigenvalue weighted by Crippen LogP contribution is 2.46. The molecule has 0 aliphatic heterocycles. The maximum Gasteiger partial charge on any atom is 0.179 e. The van der Waals surface area contributed by atoms with Crippen molar-refractivity contribution in [3.8, 4) is 11.5 Å². The summed E-state index contributed by atoms with van der Waals surface area (Å²) in [6.45, 7) is 0. The summed E-state index contributed by atoms with van der Waals surface area (Å²) in [6.07, 6.45) is 4.28. The first kappa shape index (κ1) is 12.5. The van der Waals surface area contributed by atoms with Crippen LogP contribution in [0.15, 0.2) is 12.1 Å². The van der Waals surface area contributed by atoms with Gasteiger partial charge in [-0.3, -0.25) is 0 Å². The average molecular weight is 256 g/mol. The molecule has 0 amide bonds. The van der Waals surface area contributed by atoms with Gasteiger partial charge in [0.2, 0.25) is 0 Å². The van der Waals surface area contributed by atoms with E-state index in [4.69, 9.17) is 26.8 Å². The Labute approximate surface area is 107 Å².